The molecule has 0 aromatic heterocycles. The molecule has 0 bridgehead atoms. The molecule has 21 heavy (non-hydrogen) atoms. The van der Waals surface area contributed by atoms with E-state index >= 15 is 0 Å². The molecule has 0 aliphatic carbocycles. The largest absolute Gasteiger partial charge is 0.508 e. The van der Waals surface area contributed by atoms with Gasteiger partial charge in [-0.2, -0.15) is 5.10 Å². The lowest BCUT2D eigenvalue weighted by molar-refractivity contribution is -0.119. The van der Waals surface area contributed by atoms with E-state index in [0.717, 1.165) is 5.56 Å². The molecule has 0 aliphatic heterocycles. The van der Waals surface area contributed by atoms with Gasteiger partial charge in [-0.3, -0.25) is 4.79 Å². The zero-order chi connectivity index (χ0) is 15.1. The molecule has 6 heteroatoms. The van der Waals surface area contributed by atoms with E-state index in [1.54, 1.807) is 24.3 Å². The van der Waals surface area contributed by atoms with Crippen LogP contribution in [0.3, 0.4) is 0 Å². The maximum Gasteiger partial charge on any atom is 0.259 e. The smallest absolute Gasteiger partial charge is 0.259 e. The maximum atomic E-state index is 12.7. The van der Waals surface area contributed by atoms with Gasteiger partial charge < -0.3 is 10.4 Å². The van der Waals surface area contributed by atoms with Crippen LogP contribution < -0.4 is 10.7 Å². The molecule has 0 spiro atoms. The number of phenols is 1. The number of nitrogens with zero attached hydrogens (tertiary/aromatic N) is 1. The highest BCUT2D eigenvalue weighted by Gasteiger charge is 1.99. The van der Waals surface area contributed by atoms with Gasteiger partial charge in [-0.05, 0) is 54.1 Å². The fraction of sp³-hybridized carbons (Fsp3) is 0.0667. The summed E-state index contributed by atoms with van der Waals surface area (Å²) < 4.78 is 12.7. The molecule has 3 N–H and O–H groups in total. The average molecular weight is 287 g/mol. The minimum atomic E-state index is -0.330. The number of aromatic hydroxyl groups is 1. The molecule has 0 radical (unpaired) electrons. The van der Waals surface area contributed by atoms with E-state index < -0.39 is 0 Å². The third-order valence-corrected chi connectivity index (χ3v) is 2.59. The van der Waals surface area contributed by atoms with Crippen molar-refractivity contribution < 1.29 is 14.3 Å². The SMILES string of the molecule is O=C(CNc1ccc(F)cc1)N/N=C\c1ccc(O)cc1. The molecule has 0 unspecified atom stereocenters. The van der Waals surface area contributed by atoms with E-state index in [1.165, 1.54) is 30.5 Å². The third kappa shape index (κ3) is 4.94. The highest BCUT2D eigenvalue weighted by atomic mass is 19.1. The molecule has 2 rings (SSSR count). The van der Waals surface area contributed by atoms with Crippen LogP contribution >= 0.6 is 0 Å². The minimum Gasteiger partial charge on any atom is -0.508 e. The average Bonchev–Trinajstić information content (AvgIpc) is 2.49. The van der Waals surface area contributed by atoms with E-state index in [4.69, 9.17) is 5.11 Å². The van der Waals surface area contributed by atoms with Gasteiger partial charge in [0.2, 0.25) is 0 Å². The van der Waals surface area contributed by atoms with Crippen molar-refractivity contribution in [3.05, 3.63) is 59.9 Å². The predicted octanol–water partition coefficient (Wildman–Crippen LogP) is 2.09. The first-order chi connectivity index (χ1) is 10.1. The van der Waals surface area contributed by atoms with E-state index in [2.05, 4.69) is 15.8 Å². The van der Waals surface area contributed by atoms with Crippen molar-refractivity contribution in [1.29, 1.82) is 0 Å². The number of amides is 1. The number of benzene rings is 2. The molecule has 108 valence electrons. The van der Waals surface area contributed by atoms with Crippen LogP contribution in [-0.2, 0) is 4.79 Å². The minimum absolute atomic E-state index is 0.0263. The normalized spacial score (nSPS) is 10.5. The van der Waals surface area contributed by atoms with Gasteiger partial charge in [0.25, 0.3) is 5.91 Å². The molecule has 1 amide bonds. The van der Waals surface area contributed by atoms with Crippen molar-refractivity contribution in [1.82, 2.24) is 5.43 Å². The molecule has 0 atom stereocenters. The summed E-state index contributed by atoms with van der Waals surface area (Å²) in [5.74, 6) is -0.488. The molecule has 0 fully saturated rings. The number of halogens is 1. The van der Waals surface area contributed by atoms with Crippen molar-refractivity contribution in [2.75, 3.05) is 11.9 Å². The molecular formula is C15H14FN3O2. The number of anilines is 1. The number of nitrogens with one attached hydrogen (secondary N) is 2. The quantitative estimate of drug-likeness (QED) is 0.582. The van der Waals surface area contributed by atoms with E-state index in [-0.39, 0.29) is 24.0 Å². The van der Waals surface area contributed by atoms with Crippen molar-refractivity contribution >= 4 is 17.8 Å². The van der Waals surface area contributed by atoms with Crippen LogP contribution in [0.1, 0.15) is 5.56 Å². The van der Waals surface area contributed by atoms with Crippen LogP contribution in [0, 0.1) is 5.82 Å². The molecule has 5 nitrogen and oxygen atoms in total. The number of hydrogen-bond donors (Lipinski definition) is 3. The first kappa shape index (κ1) is 14.5. The van der Waals surface area contributed by atoms with Gasteiger partial charge in [0.05, 0.1) is 12.8 Å². The second-order valence-corrected chi connectivity index (χ2v) is 4.25. The van der Waals surface area contributed by atoms with Gasteiger partial charge in [-0.1, -0.05) is 0 Å². The highest BCUT2D eigenvalue weighted by molar-refractivity contribution is 5.84. The van der Waals surface area contributed by atoms with E-state index in [1.807, 2.05) is 0 Å². The summed E-state index contributed by atoms with van der Waals surface area (Å²) in [4.78, 5) is 11.5. The summed E-state index contributed by atoms with van der Waals surface area (Å²) in [5, 5.41) is 15.8. The van der Waals surface area contributed by atoms with E-state index in [9.17, 15) is 9.18 Å². The number of carbonyl (C=O) groups excluding carboxylic acids is 1. The molecule has 0 saturated carbocycles. The Hall–Kier alpha value is -2.89. The number of carbonyl (C=O) groups is 1. The number of hydrogen-bond acceptors (Lipinski definition) is 4. The Bertz CT molecular complexity index is 624. The Labute approximate surface area is 121 Å². The van der Waals surface area contributed by atoms with Gasteiger partial charge in [0.1, 0.15) is 11.6 Å². The first-order valence-corrected chi connectivity index (χ1v) is 6.24. The van der Waals surface area contributed by atoms with Gasteiger partial charge in [0, 0.05) is 5.69 Å². The van der Waals surface area contributed by atoms with Crippen LogP contribution in [0.25, 0.3) is 0 Å². The third-order valence-electron chi connectivity index (χ3n) is 2.59. The highest BCUT2D eigenvalue weighted by Crippen LogP contribution is 2.08. The zero-order valence-electron chi connectivity index (χ0n) is 11.1. The monoisotopic (exact) mass is 287 g/mol. The topological polar surface area (TPSA) is 73.7 Å². The standard InChI is InChI=1S/C15H14FN3O2/c16-12-3-5-13(6-4-12)17-10-15(21)19-18-9-11-1-7-14(20)8-2-11/h1-9,17,20H,10H2,(H,19,21)/b18-9-. The lowest BCUT2D eigenvalue weighted by Crippen LogP contribution is -2.25. The lowest BCUT2D eigenvalue weighted by atomic mass is 10.2. The van der Waals surface area contributed by atoms with Crippen molar-refractivity contribution in [2.45, 2.75) is 0 Å². The Morgan fingerprint density at radius 1 is 1.14 bits per heavy atom. The number of rotatable bonds is 5. The predicted molar refractivity (Wildman–Crippen MR) is 78.7 cm³/mol. The van der Waals surface area contributed by atoms with E-state index in [0.29, 0.717) is 5.69 Å². The molecule has 2 aromatic rings. The summed E-state index contributed by atoms with van der Waals surface area (Å²) in [7, 11) is 0. The first-order valence-electron chi connectivity index (χ1n) is 6.24. The fourth-order valence-electron chi connectivity index (χ4n) is 1.53. The zero-order valence-corrected chi connectivity index (χ0v) is 11.1. The summed E-state index contributed by atoms with van der Waals surface area (Å²) in [5.41, 5.74) is 3.76. The van der Waals surface area contributed by atoms with Crippen molar-refractivity contribution in [2.24, 2.45) is 5.10 Å². The van der Waals surface area contributed by atoms with Gasteiger partial charge in [-0.15, -0.1) is 0 Å². The van der Waals surface area contributed by atoms with Gasteiger partial charge in [-0.25, -0.2) is 9.82 Å². The van der Waals surface area contributed by atoms with Gasteiger partial charge in [0.15, 0.2) is 0 Å². The summed E-state index contributed by atoms with van der Waals surface area (Å²) in [6.45, 7) is 0.0263. The van der Waals surface area contributed by atoms with Crippen molar-refractivity contribution in [3.8, 4) is 5.75 Å². The van der Waals surface area contributed by atoms with Crippen LogP contribution in [-0.4, -0.2) is 23.8 Å². The Balaban J connectivity index is 1.77. The second kappa shape index (κ2) is 7.04. The lowest BCUT2D eigenvalue weighted by Gasteiger charge is -2.04. The van der Waals surface area contributed by atoms with Crippen LogP contribution in [0.4, 0.5) is 10.1 Å². The number of phenolic OH excluding ortho intramolecular Hbond substituents is 1. The second-order valence-electron chi connectivity index (χ2n) is 4.25. The number of hydrazone groups is 1. The Morgan fingerprint density at radius 2 is 1.81 bits per heavy atom. The molecule has 0 saturated heterocycles. The summed E-state index contributed by atoms with van der Waals surface area (Å²) in [6.07, 6.45) is 1.47. The fourth-order valence-corrected chi connectivity index (χ4v) is 1.53. The van der Waals surface area contributed by atoms with Crippen LogP contribution in [0.5, 0.6) is 5.75 Å². The summed E-state index contributed by atoms with van der Waals surface area (Å²) >= 11 is 0. The Morgan fingerprint density at radius 3 is 2.48 bits per heavy atom. The van der Waals surface area contributed by atoms with Crippen molar-refractivity contribution in [3.63, 3.8) is 0 Å². The molecule has 0 heterocycles. The Kier molecular flexibility index (Phi) is 4.87. The maximum absolute atomic E-state index is 12.7. The summed E-state index contributed by atoms with van der Waals surface area (Å²) in [6, 6.07) is 12.1. The molecule has 0 aliphatic rings. The van der Waals surface area contributed by atoms with Crippen LogP contribution in [0.2, 0.25) is 0 Å². The van der Waals surface area contributed by atoms with Crippen LogP contribution in [0.15, 0.2) is 53.6 Å². The van der Waals surface area contributed by atoms with Gasteiger partial charge >= 0.3 is 0 Å². The molecule has 2 aromatic carbocycles. The molecular weight excluding hydrogens is 273 g/mol.